The quantitative estimate of drug-likeness (QED) is 0.431. The fourth-order valence-electron chi connectivity index (χ4n) is 3.02. The molecule has 0 spiro atoms. The van der Waals surface area contributed by atoms with Gasteiger partial charge >= 0.3 is 0 Å². The van der Waals surface area contributed by atoms with Gasteiger partial charge in [-0.15, -0.1) is 11.3 Å². The van der Waals surface area contributed by atoms with E-state index >= 15 is 0 Å². The van der Waals surface area contributed by atoms with Crippen molar-refractivity contribution in [1.82, 2.24) is 14.9 Å². The molecule has 1 aliphatic rings. The number of aromatic nitrogens is 2. The molecule has 2 aromatic heterocycles. The lowest BCUT2D eigenvalue weighted by molar-refractivity contribution is -0.119. The van der Waals surface area contributed by atoms with Gasteiger partial charge in [-0.3, -0.25) is 14.2 Å². The summed E-state index contributed by atoms with van der Waals surface area (Å²) in [5.74, 6) is 0.0910. The molecule has 1 fully saturated rings. The van der Waals surface area contributed by atoms with Gasteiger partial charge in [0.25, 0.3) is 5.56 Å². The first-order valence-electron chi connectivity index (χ1n) is 8.89. The maximum Gasteiger partial charge on any atom is 0.276 e. The minimum Gasteiger partial charge on any atom is -0.376 e. The van der Waals surface area contributed by atoms with E-state index in [1.165, 1.54) is 23.1 Å². The van der Waals surface area contributed by atoms with Gasteiger partial charge < -0.3 is 10.1 Å². The molecule has 1 amide bonds. The maximum absolute atomic E-state index is 13.0. The summed E-state index contributed by atoms with van der Waals surface area (Å²) in [4.78, 5) is 29.9. The fourth-order valence-corrected chi connectivity index (χ4v) is 4.89. The van der Waals surface area contributed by atoms with Crippen LogP contribution < -0.4 is 10.9 Å². The third kappa shape index (κ3) is 4.32. The molecule has 1 aromatic carbocycles. The topological polar surface area (TPSA) is 73.2 Å². The molecule has 146 valence electrons. The third-order valence-electron chi connectivity index (χ3n) is 4.42. The highest BCUT2D eigenvalue weighted by Gasteiger charge is 2.18. The number of rotatable bonds is 6. The van der Waals surface area contributed by atoms with Crippen LogP contribution in [0.25, 0.3) is 15.9 Å². The van der Waals surface area contributed by atoms with Crippen LogP contribution in [0.2, 0.25) is 0 Å². The monoisotopic (exact) mass is 479 g/mol. The first-order chi connectivity index (χ1) is 13.6. The molecule has 0 radical (unpaired) electrons. The highest BCUT2D eigenvalue weighted by Crippen LogP contribution is 2.24. The number of fused-ring (bicyclic) bond motifs is 1. The predicted octanol–water partition coefficient (Wildman–Crippen LogP) is 3.60. The number of nitrogens with zero attached hydrogens (tertiary/aromatic N) is 2. The van der Waals surface area contributed by atoms with Gasteiger partial charge in [-0.25, -0.2) is 4.98 Å². The number of benzene rings is 1. The van der Waals surface area contributed by atoms with Crippen molar-refractivity contribution >= 4 is 55.2 Å². The average molecular weight is 480 g/mol. The molecule has 1 unspecified atom stereocenters. The normalized spacial score (nSPS) is 16.5. The van der Waals surface area contributed by atoms with Crippen molar-refractivity contribution in [2.24, 2.45) is 0 Å². The van der Waals surface area contributed by atoms with E-state index in [0.717, 1.165) is 29.6 Å². The highest BCUT2D eigenvalue weighted by atomic mass is 79.9. The number of carbonyl (C=O) groups excluding carboxylic acids is 1. The van der Waals surface area contributed by atoms with Crippen LogP contribution in [0, 0.1) is 0 Å². The molecule has 4 rings (SSSR count). The van der Waals surface area contributed by atoms with Crippen molar-refractivity contribution < 1.29 is 9.53 Å². The molecule has 3 heterocycles. The zero-order chi connectivity index (χ0) is 19.5. The van der Waals surface area contributed by atoms with Gasteiger partial charge in [0, 0.05) is 17.6 Å². The van der Waals surface area contributed by atoms with E-state index in [-0.39, 0.29) is 23.3 Å². The largest absolute Gasteiger partial charge is 0.376 e. The van der Waals surface area contributed by atoms with Gasteiger partial charge in [-0.1, -0.05) is 27.7 Å². The molecular weight excluding hydrogens is 462 g/mol. The number of thioether (sulfide) groups is 1. The van der Waals surface area contributed by atoms with E-state index in [0.29, 0.717) is 21.9 Å². The standard InChI is InChI=1S/C19H18BrN3O3S2/c20-12-3-5-13(6-4-12)23-18(25)17-15(7-9-27-17)22-19(23)28-11-16(24)21-10-14-2-1-8-26-14/h3-7,9,14H,1-2,8,10-11H2,(H,21,24). The Morgan fingerprint density at radius 1 is 1.36 bits per heavy atom. The van der Waals surface area contributed by atoms with Gasteiger partial charge in [0.2, 0.25) is 5.91 Å². The summed E-state index contributed by atoms with van der Waals surface area (Å²) >= 11 is 6.05. The highest BCUT2D eigenvalue weighted by molar-refractivity contribution is 9.10. The summed E-state index contributed by atoms with van der Waals surface area (Å²) in [6, 6.07) is 9.30. The Morgan fingerprint density at radius 2 is 2.18 bits per heavy atom. The van der Waals surface area contributed by atoms with Gasteiger partial charge in [-0.2, -0.15) is 0 Å². The maximum atomic E-state index is 13.0. The number of nitrogens with one attached hydrogen (secondary N) is 1. The van der Waals surface area contributed by atoms with Crippen LogP contribution in [0.1, 0.15) is 12.8 Å². The minimum atomic E-state index is -0.121. The summed E-state index contributed by atoms with van der Waals surface area (Å²) in [6.07, 6.45) is 2.13. The van der Waals surface area contributed by atoms with Crippen LogP contribution in [0.4, 0.5) is 0 Å². The Hall–Kier alpha value is -1.68. The van der Waals surface area contributed by atoms with Gasteiger partial charge in [0.15, 0.2) is 5.16 Å². The smallest absolute Gasteiger partial charge is 0.276 e. The molecular formula is C19H18BrN3O3S2. The molecule has 0 bridgehead atoms. The number of ether oxygens (including phenoxy) is 1. The third-order valence-corrected chi connectivity index (χ3v) is 6.78. The number of hydrogen-bond donors (Lipinski definition) is 1. The number of amides is 1. The van der Waals surface area contributed by atoms with E-state index in [9.17, 15) is 9.59 Å². The van der Waals surface area contributed by atoms with Crippen LogP contribution in [0.3, 0.4) is 0 Å². The first kappa shape index (κ1) is 19.6. The SMILES string of the molecule is O=C(CSc1nc2ccsc2c(=O)n1-c1ccc(Br)cc1)NCC1CCCO1. The van der Waals surface area contributed by atoms with Crippen molar-refractivity contribution in [2.75, 3.05) is 18.9 Å². The van der Waals surface area contributed by atoms with Crippen LogP contribution in [-0.4, -0.2) is 40.5 Å². The molecule has 1 saturated heterocycles. The molecule has 0 saturated carbocycles. The second-order valence-corrected chi connectivity index (χ2v) is 9.15. The predicted molar refractivity (Wildman–Crippen MR) is 116 cm³/mol. The van der Waals surface area contributed by atoms with E-state index < -0.39 is 0 Å². The Balaban J connectivity index is 1.56. The zero-order valence-corrected chi connectivity index (χ0v) is 18.1. The van der Waals surface area contributed by atoms with Gasteiger partial charge in [0.05, 0.1) is 23.1 Å². The van der Waals surface area contributed by atoms with Gasteiger partial charge in [0.1, 0.15) is 4.70 Å². The molecule has 1 atom stereocenters. The van der Waals surface area contributed by atoms with E-state index in [1.54, 1.807) is 4.57 Å². The molecule has 0 aliphatic carbocycles. The Labute approximate surface area is 178 Å². The van der Waals surface area contributed by atoms with E-state index in [1.807, 2.05) is 35.7 Å². The van der Waals surface area contributed by atoms with Crippen molar-refractivity contribution in [2.45, 2.75) is 24.1 Å². The minimum absolute atomic E-state index is 0.0949. The Bertz CT molecular complexity index is 1040. The lowest BCUT2D eigenvalue weighted by Crippen LogP contribution is -2.33. The molecule has 3 aromatic rings. The van der Waals surface area contributed by atoms with Crippen molar-refractivity contribution in [3.63, 3.8) is 0 Å². The van der Waals surface area contributed by atoms with E-state index in [4.69, 9.17) is 4.74 Å². The molecule has 28 heavy (non-hydrogen) atoms. The lowest BCUT2D eigenvalue weighted by Gasteiger charge is -2.13. The first-order valence-corrected chi connectivity index (χ1v) is 11.5. The molecule has 1 N–H and O–H groups in total. The van der Waals surface area contributed by atoms with Gasteiger partial charge in [-0.05, 0) is 48.6 Å². The van der Waals surface area contributed by atoms with Crippen molar-refractivity contribution in [3.05, 3.63) is 50.5 Å². The summed E-state index contributed by atoms with van der Waals surface area (Å²) in [7, 11) is 0. The lowest BCUT2D eigenvalue weighted by atomic mass is 10.2. The van der Waals surface area contributed by atoms with Crippen LogP contribution in [0.15, 0.2) is 50.1 Å². The second kappa shape index (κ2) is 8.77. The van der Waals surface area contributed by atoms with Crippen molar-refractivity contribution in [1.29, 1.82) is 0 Å². The molecule has 9 heteroatoms. The number of hydrogen-bond acceptors (Lipinski definition) is 6. The fraction of sp³-hybridized carbons (Fsp3) is 0.316. The molecule has 6 nitrogen and oxygen atoms in total. The number of halogens is 1. The van der Waals surface area contributed by atoms with E-state index in [2.05, 4.69) is 26.2 Å². The Morgan fingerprint density at radius 3 is 2.93 bits per heavy atom. The number of thiophene rings is 1. The number of carbonyl (C=O) groups is 1. The van der Waals surface area contributed by atoms with Crippen molar-refractivity contribution in [3.8, 4) is 5.69 Å². The second-order valence-electron chi connectivity index (χ2n) is 6.37. The summed E-state index contributed by atoms with van der Waals surface area (Å²) in [5.41, 5.74) is 1.26. The van der Waals surface area contributed by atoms with Crippen LogP contribution >= 0.6 is 39.0 Å². The van der Waals surface area contributed by atoms with Crippen LogP contribution in [-0.2, 0) is 9.53 Å². The molecule has 1 aliphatic heterocycles. The summed E-state index contributed by atoms with van der Waals surface area (Å²) in [5, 5.41) is 5.26. The summed E-state index contributed by atoms with van der Waals surface area (Å²) < 4.78 is 8.63. The van der Waals surface area contributed by atoms with Crippen LogP contribution in [0.5, 0.6) is 0 Å². The average Bonchev–Trinajstić information content (AvgIpc) is 3.37. The summed E-state index contributed by atoms with van der Waals surface area (Å²) in [6.45, 7) is 1.29. The Kier molecular flexibility index (Phi) is 6.15. The zero-order valence-electron chi connectivity index (χ0n) is 14.9.